The van der Waals surface area contributed by atoms with Gasteiger partial charge in [0, 0.05) is 6.04 Å². The van der Waals surface area contributed by atoms with Gasteiger partial charge in [-0.25, -0.2) is 4.39 Å². The third-order valence-electron chi connectivity index (χ3n) is 2.50. The van der Waals surface area contributed by atoms with Crippen molar-refractivity contribution in [2.24, 2.45) is 0 Å². The highest BCUT2D eigenvalue weighted by atomic mass is 19.1. The lowest BCUT2D eigenvalue weighted by molar-refractivity contribution is 0.547. The topological polar surface area (TPSA) is 12.0 Å². The van der Waals surface area contributed by atoms with Crippen molar-refractivity contribution in [1.29, 1.82) is 0 Å². The summed E-state index contributed by atoms with van der Waals surface area (Å²) in [4.78, 5) is 0. The zero-order chi connectivity index (χ0) is 12.0. The first kappa shape index (κ1) is 12.9. The second-order valence-electron chi connectivity index (χ2n) is 4.39. The molecule has 16 heavy (non-hydrogen) atoms. The van der Waals surface area contributed by atoms with Crippen molar-refractivity contribution in [3.8, 4) is 0 Å². The van der Waals surface area contributed by atoms with E-state index in [1.54, 1.807) is 0 Å². The molecule has 1 unspecified atom stereocenters. The number of halogens is 1. The quantitative estimate of drug-likeness (QED) is 0.727. The van der Waals surface area contributed by atoms with Crippen molar-refractivity contribution >= 4 is 0 Å². The van der Waals surface area contributed by atoms with E-state index in [1.807, 2.05) is 19.1 Å². The van der Waals surface area contributed by atoms with E-state index in [9.17, 15) is 4.39 Å². The molecule has 0 saturated carbocycles. The molecule has 0 radical (unpaired) electrons. The summed E-state index contributed by atoms with van der Waals surface area (Å²) >= 11 is 0. The first-order valence-corrected chi connectivity index (χ1v) is 5.70. The minimum absolute atomic E-state index is 0.174. The molecular formula is C14H20FN. The van der Waals surface area contributed by atoms with E-state index >= 15 is 0 Å². The van der Waals surface area contributed by atoms with Gasteiger partial charge >= 0.3 is 0 Å². The summed E-state index contributed by atoms with van der Waals surface area (Å²) in [6, 6.07) is 7.11. The predicted molar refractivity (Wildman–Crippen MR) is 67.0 cm³/mol. The maximum Gasteiger partial charge on any atom is 0.123 e. The molecule has 0 bridgehead atoms. The van der Waals surface area contributed by atoms with Crippen molar-refractivity contribution in [2.75, 3.05) is 6.54 Å². The third-order valence-corrected chi connectivity index (χ3v) is 2.50. The van der Waals surface area contributed by atoms with Crippen LogP contribution in [0.25, 0.3) is 0 Å². The van der Waals surface area contributed by atoms with Crippen LogP contribution >= 0.6 is 0 Å². The lowest BCUT2D eigenvalue weighted by Gasteiger charge is -2.13. The van der Waals surface area contributed by atoms with Crippen LogP contribution in [0.3, 0.4) is 0 Å². The Kier molecular flexibility index (Phi) is 5.20. The molecule has 0 saturated heterocycles. The Balaban J connectivity index is 2.31. The van der Waals surface area contributed by atoms with Gasteiger partial charge in [-0.15, -0.1) is 6.58 Å². The highest BCUT2D eigenvalue weighted by molar-refractivity contribution is 5.16. The van der Waals surface area contributed by atoms with Gasteiger partial charge in [-0.05, 0) is 50.9 Å². The molecule has 0 aromatic heterocycles. The van der Waals surface area contributed by atoms with Crippen molar-refractivity contribution in [1.82, 2.24) is 5.32 Å². The van der Waals surface area contributed by atoms with E-state index in [-0.39, 0.29) is 5.82 Å². The zero-order valence-corrected chi connectivity index (χ0v) is 10.1. The molecule has 1 N–H and O–H groups in total. The summed E-state index contributed by atoms with van der Waals surface area (Å²) in [7, 11) is 0. The molecule has 1 aromatic rings. The summed E-state index contributed by atoms with van der Waals surface area (Å²) in [5.74, 6) is -0.174. The van der Waals surface area contributed by atoms with Crippen molar-refractivity contribution in [3.63, 3.8) is 0 Å². The molecule has 1 rings (SSSR count). The normalized spacial score (nSPS) is 12.4. The van der Waals surface area contributed by atoms with Gasteiger partial charge in [-0.2, -0.15) is 0 Å². The minimum Gasteiger partial charge on any atom is -0.314 e. The molecule has 0 amide bonds. The van der Waals surface area contributed by atoms with Crippen LogP contribution in [0.2, 0.25) is 0 Å². The smallest absolute Gasteiger partial charge is 0.123 e. The lowest BCUT2D eigenvalue weighted by Crippen LogP contribution is -2.29. The van der Waals surface area contributed by atoms with E-state index in [4.69, 9.17) is 0 Å². The van der Waals surface area contributed by atoms with Crippen LogP contribution in [0.1, 0.15) is 25.8 Å². The van der Waals surface area contributed by atoms with Gasteiger partial charge in [0.1, 0.15) is 5.82 Å². The molecule has 0 heterocycles. The maximum atomic E-state index is 12.7. The van der Waals surface area contributed by atoms with Crippen molar-refractivity contribution < 1.29 is 4.39 Å². The van der Waals surface area contributed by atoms with E-state index in [0.29, 0.717) is 6.04 Å². The molecule has 2 heteroatoms. The Labute approximate surface area is 97.4 Å². The summed E-state index contributed by atoms with van der Waals surface area (Å²) in [5.41, 5.74) is 2.36. The van der Waals surface area contributed by atoms with Crippen LogP contribution < -0.4 is 5.32 Å². The van der Waals surface area contributed by atoms with Crippen LogP contribution in [-0.2, 0) is 6.42 Å². The average Bonchev–Trinajstić information content (AvgIpc) is 2.21. The standard InChI is InChI=1S/C14H20FN/c1-11(2)8-9-16-12(3)10-13-4-6-14(15)7-5-13/h4-7,12,16H,1,8-10H2,2-3H3. The largest absolute Gasteiger partial charge is 0.314 e. The Morgan fingerprint density at radius 2 is 2.00 bits per heavy atom. The lowest BCUT2D eigenvalue weighted by atomic mass is 10.1. The van der Waals surface area contributed by atoms with Crippen molar-refractivity contribution in [2.45, 2.75) is 32.7 Å². The molecule has 0 aliphatic heterocycles. The fourth-order valence-corrected chi connectivity index (χ4v) is 1.58. The number of hydrogen-bond donors (Lipinski definition) is 1. The molecule has 0 aliphatic carbocycles. The van der Waals surface area contributed by atoms with E-state index in [2.05, 4.69) is 18.8 Å². The highest BCUT2D eigenvalue weighted by Gasteiger charge is 2.02. The van der Waals surface area contributed by atoms with Gasteiger partial charge in [0.2, 0.25) is 0 Å². The summed E-state index contributed by atoms with van der Waals surface area (Å²) in [5, 5.41) is 3.42. The van der Waals surface area contributed by atoms with Gasteiger partial charge in [0.05, 0.1) is 0 Å². The number of nitrogens with one attached hydrogen (secondary N) is 1. The molecule has 88 valence electrons. The predicted octanol–water partition coefficient (Wildman–Crippen LogP) is 3.31. The zero-order valence-electron chi connectivity index (χ0n) is 10.1. The third kappa shape index (κ3) is 5.08. The van der Waals surface area contributed by atoms with Gasteiger partial charge in [0.15, 0.2) is 0 Å². The maximum absolute atomic E-state index is 12.7. The van der Waals surface area contributed by atoms with Crippen LogP contribution in [0.4, 0.5) is 4.39 Å². The van der Waals surface area contributed by atoms with Gasteiger partial charge in [-0.1, -0.05) is 17.7 Å². The fraction of sp³-hybridized carbons (Fsp3) is 0.429. The molecular weight excluding hydrogens is 201 g/mol. The van der Waals surface area contributed by atoms with E-state index < -0.39 is 0 Å². The summed E-state index contributed by atoms with van der Waals surface area (Å²) in [6.07, 6.45) is 1.93. The molecule has 0 fully saturated rings. The molecule has 0 aliphatic rings. The Morgan fingerprint density at radius 1 is 1.38 bits per heavy atom. The van der Waals surface area contributed by atoms with Crippen molar-refractivity contribution in [3.05, 3.63) is 47.8 Å². The van der Waals surface area contributed by atoms with Crippen LogP contribution in [0.15, 0.2) is 36.4 Å². The Bertz CT molecular complexity index is 329. The fourth-order valence-electron chi connectivity index (χ4n) is 1.58. The number of hydrogen-bond acceptors (Lipinski definition) is 1. The van der Waals surface area contributed by atoms with Gasteiger partial charge < -0.3 is 5.32 Å². The average molecular weight is 221 g/mol. The summed E-state index contributed by atoms with van der Waals surface area (Å²) < 4.78 is 12.7. The second-order valence-corrected chi connectivity index (χ2v) is 4.39. The SMILES string of the molecule is C=C(C)CCNC(C)Cc1ccc(F)cc1. The summed E-state index contributed by atoms with van der Waals surface area (Å²) in [6.45, 7) is 8.99. The Morgan fingerprint density at radius 3 is 2.56 bits per heavy atom. The Hall–Kier alpha value is -1.15. The molecule has 1 atom stereocenters. The van der Waals surface area contributed by atoms with Crippen LogP contribution in [0.5, 0.6) is 0 Å². The highest BCUT2D eigenvalue weighted by Crippen LogP contribution is 2.05. The first-order chi connectivity index (χ1) is 7.58. The first-order valence-electron chi connectivity index (χ1n) is 5.70. The van der Waals surface area contributed by atoms with Crippen LogP contribution in [-0.4, -0.2) is 12.6 Å². The van der Waals surface area contributed by atoms with Gasteiger partial charge in [0.25, 0.3) is 0 Å². The van der Waals surface area contributed by atoms with E-state index in [0.717, 1.165) is 24.9 Å². The minimum atomic E-state index is -0.174. The number of benzene rings is 1. The number of rotatable bonds is 6. The molecule has 1 aromatic carbocycles. The molecule has 0 spiro atoms. The van der Waals surface area contributed by atoms with Crippen LogP contribution in [0, 0.1) is 5.82 Å². The monoisotopic (exact) mass is 221 g/mol. The molecule has 1 nitrogen and oxygen atoms in total. The second kappa shape index (κ2) is 6.44. The van der Waals surface area contributed by atoms with Gasteiger partial charge in [-0.3, -0.25) is 0 Å². The van der Waals surface area contributed by atoms with E-state index in [1.165, 1.54) is 17.7 Å².